The van der Waals surface area contributed by atoms with Gasteiger partial charge in [0.15, 0.2) is 0 Å². The van der Waals surface area contributed by atoms with Gasteiger partial charge in [-0.15, -0.1) is 0 Å². The Bertz CT molecular complexity index is 827. The second kappa shape index (κ2) is 8.68. The molecule has 0 aliphatic carbocycles. The summed E-state index contributed by atoms with van der Waals surface area (Å²) in [5.74, 6) is -0.213. The number of amides is 1. The molecule has 1 fully saturated rings. The van der Waals surface area contributed by atoms with E-state index in [9.17, 15) is 9.59 Å². The second-order valence-corrected chi connectivity index (χ2v) is 6.69. The lowest BCUT2D eigenvalue weighted by molar-refractivity contribution is 0.0496. The Hall–Kier alpha value is -2.86. The summed E-state index contributed by atoms with van der Waals surface area (Å²) in [7, 11) is 0. The number of carboxylic acid groups (broad SMARTS) is 1. The molecule has 0 radical (unpaired) electrons. The molecule has 0 aromatic heterocycles. The number of carboxylic acids is 1. The zero-order valence-corrected chi connectivity index (χ0v) is 15.2. The van der Waals surface area contributed by atoms with Crippen LogP contribution in [0.4, 0.5) is 5.69 Å². The molecule has 1 aliphatic rings. The van der Waals surface area contributed by atoms with Gasteiger partial charge in [-0.1, -0.05) is 12.1 Å². The average molecular weight is 369 g/mol. The maximum atomic E-state index is 12.4. The molecule has 2 aromatic carbocycles. The molecular weight excluding hydrogens is 346 g/mol. The first kappa shape index (κ1) is 18.9. The predicted molar refractivity (Wildman–Crippen MR) is 102 cm³/mol. The van der Waals surface area contributed by atoms with Crippen molar-refractivity contribution in [3.8, 4) is 5.75 Å². The maximum Gasteiger partial charge on any atom is 0.335 e. The summed E-state index contributed by atoms with van der Waals surface area (Å²) in [4.78, 5) is 23.5. The molecule has 1 heterocycles. The molecule has 142 valence electrons. The van der Waals surface area contributed by atoms with Gasteiger partial charge in [-0.2, -0.15) is 0 Å². The molecule has 1 saturated heterocycles. The van der Waals surface area contributed by atoms with Gasteiger partial charge in [0.1, 0.15) is 5.75 Å². The van der Waals surface area contributed by atoms with Crippen LogP contribution in [-0.2, 0) is 4.74 Å². The summed E-state index contributed by atoms with van der Waals surface area (Å²) < 4.78 is 11.3. The number of anilines is 1. The van der Waals surface area contributed by atoms with Crippen molar-refractivity contribution in [3.63, 3.8) is 0 Å². The Balaban J connectivity index is 1.67. The van der Waals surface area contributed by atoms with Gasteiger partial charge in [-0.05, 0) is 55.5 Å². The molecule has 6 heteroatoms. The van der Waals surface area contributed by atoms with Crippen molar-refractivity contribution in [2.75, 3.05) is 25.1 Å². The molecule has 2 aromatic rings. The van der Waals surface area contributed by atoms with Crippen LogP contribution in [0.15, 0.2) is 42.5 Å². The van der Waals surface area contributed by atoms with Gasteiger partial charge in [0.25, 0.3) is 5.91 Å². The van der Waals surface area contributed by atoms with Crippen LogP contribution in [0.1, 0.15) is 39.1 Å². The second-order valence-electron chi connectivity index (χ2n) is 6.69. The molecule has 0 unspecified atom stereocenters. The number of hydrogen-bond acceptors (Lipinski definition) is 4. The first-order chi connectivity index (χ1) is 13.0. The molecule has 6 nitrogen and oxygen atoms in total. The van der Waals surface area contributed by atoms with Crippen LogP contribution in [0.2, 0.25) is 0 Å². The highest BCUT2D eigenvalue weighted by molar-refractivity contribution is 6.05. The standard InChI is InChI=1S/C21H23NO5/c1-14-5-6-18(12-19(14)27-13-15-7-9-26-10-8-15)22-20(23)16-3-2-4-17(11-16)21(24)25/h2-6,11-12,15H,7-10,13H2,1H3,(H,22,23)(H,24,25). The normalized spacial score (nSPS) is 14.6. The summed E-state index contributed by atoms with van der Waals surface area (Å²) in [6.07, 6.45) is 1.99. The van der Waals surface area contributed by atoms with Crippen LogP contribution < -0.4 is 10.1 Å². The minimum absolute atomic E-state index is 0.0760. The highest BCUT2D eigenvalue weighted by atomic mass is 16.5. The first-order valence-corrected chi connectivity index (χ1v) is 8.99. The Morgan fingerprint density at radius 3 is 2.63 bits per heavy atom. The number of carbonyl (C=O) groups excluding carboxylic acids is 1. The van der Waals surface area contributed by atoms with Crippen molar-refractivity contribution in [2.24, 2.45) is 5.92 Å². The minimum Gasteiger partial charge on any atom is -0.493 e. The third-order valence-corrected chi connectivity index (χ3v) is 4.63. The third kappa shape index (κ3) is 5.08. The van der Waals surface area contributed by atoms with Crippen LogP contribution in [0, 0.1) is 12.8 Å². The van der Waals surface area contributed by atoms with E-state index in [2.05, 4.69) is 5.32 Å². The van der Waals surface area contributed by atoms with Gasteiger partial charge in [0.05, 0.1) is 12.2 Å². The van der Waals surface area contributed by atoms with Crippen LogP contribution in [-0.4, -0.2) is 36.8 Å². The number of carbonyl (C=O) groups is 2. The van der Waals surface area contributed by atoms with Crippen LogP contribution in [0.3, 0.4) is 0 Å². The van der Waals surface area contributed by atoms with E-state index in [0.717, 1.165) is 37.4 Å². The van der Waals surface area contributed by atoms with Crippen molar-refractivity contribution in [2.45, 2.75) is 19.8 Å². The van der Waals surface area contributed by atoms with Crippen LogP contribution in [0.25, 0.3) is 0 Å². The Morgan fingerprint density at radius 2 is 1.89 bits per heavy atom. The Kier molecular flexibility index (Phi) is 6.08. The predicted octanol–water partition coefficient (Wildman–Crippen LogP) is 3.75. The molecule has 0 saturated carbocycles. The monoisotopic (exact) mass is 369 g/mol. The van der Waals surface area contributed by atoms with E-state index >= 15 is 0 Å². The van der Waals surface area contributed by atoms with E-state index in [1.165, 1.54) is 12.1 Å². The van der Waals surface area contributed by atoms with Gasteiger partial charge in [0.2, 0.25) is 0 Å². The third-order valence-electron chi connectivity index (χ3n) is 4.63. The Morgan fingerprint density at radius 1 is 1.15 bits per heavy atom. The van der Waals surface area contributed by atoms with Gasteiger partial charge in [-0.3, -0.25) is 4.79 Å². The number of aryl methyl sites for hydroxylation is 1. The molecule has 1 aliphatic heterocycles. The van der Waals surface area contributed by atoms with Crippen molar-refractivity contribution in [3.05, 3.63) is 59.2 Å². The fourth-order valence-electron chi connectivity index (χ4n) is 2.95. The van der Waals surface area contributed by atoms with Gasteiger partial charge < -0.3 is 19.9 Å². The minimum atomic E-state index is -1.07. The van der Waals surface area contributed by atoms with Gasteiger partial charge in [0, 0.05) is 30.5 Å². The molecule has 27 heavy (non-hydrogen) atoms. The maximum absolute atomic E-state index is 12.4. The molecule has 0 bridgehead atoms. The molecule has 1 amide bonds. The lowest BCUT2D eigenvalue weighted by atomic mass is 10.0. The van der Waals surface area contributed by atoms with Crippen molar-refractivity contribution in [1.29, 1.82) is 0 Å². The number of aromatic carboxylic acids is 1. The SMILES string of the molecule is Cc1ccc(NC(=O)c2cccc(C(=O)O)c2)cc1OCC1CCOCC1. The topological polar surface area (TPSA) is 84.9 Å². The molecule has 0 atom stereocenters. The van der Waals surface area contributed by atoms with E-state index < -0.39 is 5.97 Å². The van der Waals surface area contributed by atoms with E-state index in [0.29, 0.717) is 23.8 Å². The summed E-state index contributed by atoms with van der Waals surface area (Å²) in [6.45, 7) is 4.14. The number of rotatable bonds is 6. The summed E-state index contributed by atoms with van der Waals surface area (Å²) >= 11 is 0. The van der Waals surface area contributed by atoms with Gasteiger partial charge >= 0.3 is 5.97 Å². The summed E-state index contributed by atoms with van der Waals surface area (Å²) in [5.41, 5.74) is 1.97. The smallest absolute Gasteiger partial charge is 0.335 e. The molecule has 0 spiro atoms. The van der Waals surface area contributed by atoms with E-state index in [4.69, 9.17) is 14.6 Å². The molecular formula is C21H23NO5. The lowest BCUT2D eigenvalue weighted by Crippen LogP contribution is -2.21. The molecule has 3 rings (SSSR count). The summed E-state index contributed by atoms with van der Waals surface area (Å²) in [6, 6.07) is 11.4. The zero-order valence-electron chi connectivity index (χ0n) is 15.2. The largest absolute Gasteiger partial charge is 0.493 e. The quantitative estimate of drug-likeness (QED) is 0.810. The van der Waals surface area contributed by atoms with E-state index in [1.54, 1.807) is 24.3 Å². The van der Waals surface area contributed by atoms with Crippen molar-refractivity contribution < 1.29 is 24.2 Å². The van der Waals surface area contributed by atoms with Gasteiger partial charge in [-0.25, -0.2) is 4.79 Å². The highest BCUT2D eigenvalue weighted by Crippen LogP contribution is 2.25. The van der Waals surface area contributed by atoms with Crippen LogP contribution in [0.5, 0.6) is 5.75 Å². The average Bonchev–Trinajstić information content (AvgIpc) is 2.69. The first-order valence-electron chi connectivity index (χ1n) is 8.99. The van der Waals surface area contributed by atoms with E-state index in [1.807, 2.05) is 13.0 Å². The lowest BCUT2D eigenvalue weighted by Gasteiger charge is -2.22. The number of ether oxygens (including phenoxy) is 2. The fourth-order valence-corrected chi connectivity index (χ4v) is 2.95. The van der Waals surface area contributed by atoms with E-state index in [-0.39, 0.29) is 11.5 Å². The number of nitrogens with one attached hydrogen (secondary N) is 1. The fraction of sp³-hybridized carbons (Fsp3) is 0.333. The number of hydrogen-bond donors (Lipinski definition) is 2. The van der Waals surface area contributed by atoms with Crippen LogP contribution >= 0.6 is 0 Å². The molecule has 2 N–H and O–H groups in total. The van der Waals surface area contributed by atoms with Crippen molar-refractivity contribution in [1.82, 2.24) is 0 Å². The number of benzene rings is 2. The highest BCUT2D eigenvalue weighted by Gasteiger charge is 2.15. The zero-order chi connectivity index (χ0) is 19.2. The summed E-state index contributed by atoms with van der Waals surface area (Å²) in [5, 5.41) is 11.9. The van der Waals surface area contributed by atoms with Crippen molar-refractivity contribution >= 4 is 17.6 Å². The Labute approximate surface area is 158 Å².